The van der Waals surface area contributed by atoms with Crippen molar-refractivity contribution in [3.63, 3.8) is 0 Å². The van der Waals surface area contributed by atoms with E-state index >= 15 is 0 Å². The van der Waals surface area contributed by atoms with Gasteiger partial charge >= 0.3 is 5.97 Å². The molecule has 0 saturated carbocycles. The molecule has 6 nitrogen and oxygen atoms in total. The van der Waals surface area contributed by atoms with Crippen LogP contribution in [-0.4, -0.2) is 27.8 Å². The molecule has 0 aliphatic carbocycles. The summed E-state index contributed by atoms with van der Waals surface area (Å²) in [4.78, 5) is 22.5. The van der Waals surface area contributed by atoms with Gasteiger partial charge < -0.3 is 10.5 Å². The third kappa shape index (κ3) is 3.98. The number of para-hydroxylation sites is 1. The van der Waals surface area contributed by atoms with Crippen molar-refractivity contribution in [2.75, 3.05) is 0 Å². The maximum atomic E-state index is 11.6. The summed E-state index contributed by atoms with van der Waals surface area (Å²) in [6.45, 7) is 3.18. The fourth-order valence-electron chi connectivity index (χ4n) is 1.86. The first kappa shape index (κ1) is 16.8. The maximum Gasteiger partial charge on any atom is 0.331 e. The molecule has 7 heteroatoms. The molecule has 0 fully saturated rings. The fraction of sp³-hybridized carbons (Fsp3) is 0.188. The highest BCUT2D eigenvalue weighted by atomic mass is 35.5. The predicted molar refractivity (Wildman–Crippen MR) is 87.1 cm³/mol. The highest BCUT2D eigenvalue weighted by Gasteiger charge is 2.15. The van der Waals surface area contributed by atoms with Gasteiger partial charge in [-0.1, -0.05) is 29.8 Å². The molecule has 0 saturated heterocycles. The Kier molecular flexibility index (Phi) is 5.18. The first-order chi connectivity index (χ1) is 10.9. The lowest BCUT2D eigenvalue weighted by atomic mass is 10.2. The predicted octanol–water partition coefficient (Wildman–Crippen LogP) is 2.26. The molecule has 0 spiro atoms. The molecular weight excluding hydrogens is 318 g/mol. The Balaban J connectivity index is 2.21. The van der Waals surface area contributed by atoms with E-state index in [2.05, 4.69) is 5.10 Å². The van der Waals surface area contributed by atoms with E-state index in [9.17, 15) is 9.59 Å². The number of nitrogens with zero attached hydrogens (tertiary/aromatic N) is 2. The number of benzene rings is 1. The summed E-state index contributed by atoms with van der Waals surface area (Å²) in [5, 5.41) is 4.73. The van der Waals surface area contributed by atoms with E-state index < -0.39 is 18.0 Å². The van der Waals surface area contributed by atoms with Crippen molar-refractivity contribution in [3.05, 3.63) is 52.8 Å². The summed E-state index contributed by atoms with van der Waals surface area (Å²) in [5.41, 5.74) is 7.10. The SMILES string of the molecule is Cc1nn(-c2ccccc2)c(Cl)c1/C=C/C(=O)O[C@@H](C)C(N)=O. The van der Waals surface area contributed by atoms with Gasteiger partial charge in [0.2, 0.25) is 0 Å². The number of halogens is 1. The van der Waals surface area contributed by atoms with Crippen molar-refractivity contribution >= 4 is 29.6 Å². The number of carbonyl (C=O) groups is 2. The van der Waals surface area contributed by atoms with E-state index in [0.29, 0.717) is 16.4 Å². The Morgan fingerprint density at radius 2 is 2.00 bits per heavy atom. The summed E-state index contributed by atoms with van der Waals surface area (Å²) in [7, 11) is 0. The third-order valence-corrected chi connectivity index (χ3v) is 3.49. The molecule has 1 amide bonds. The molecule has 0 aliphatic rings. The van der Waals surface area contributed by atoms with Crippen molar-refractivity contribution < 1.29 is 14.3 Å². The third-order valence-electron chi connectivity index (χ3n) is 3.13. The van der Waals surface area contributed by atoms with E-state index in [0.717, 1.165) is 5.69 Å². The Morgan fingerprint density at radius 3 is 2.61 bits per heavy atom. The summed E-state index contributed by atoms with van der Waals surface area (Å²) < 4.78 is 6.41. The van der Waals surface area contributed by atoms with E-state index in [-0.39, 0.29) is 0 Å². The van der Waals surface area contributed by atoms with Crippen LogP contribution in [0.15, 0.2) is 36.4 Å². The largest absolute Gasteiger partial charge is 0.449 e. The Bertz CT molecular complexity index is 753. The molecule has 2 rings (SSSR count). The lowest BCUT2D eigenvalue weighted by molar-refractivity contribution is -0.148. The van der Waals surface area contributed by atoms with Crippen molar-refractivity contribution in [1.82, 2.24) is 9.78 Å². The Hall–Kier alpha value is -2.60. The number of carbonyl (C=O) groups excluding carboxylic acids is 2. The second-order valence-corrected chi connectivity index (χ2v) is 5.21. The van der Waals surface area contributed by atoms with Gasteiger partial charge in [0.1, 0.15) is 5.15 Å². The van der Waals surface area contributed by atoms with Gasteiger partial charge in [0.25, 0.3) is 5.91 Å². The number of aryl methyl sites for hydroxylation is 1. The molecule has 0 unspecified atom stereocenters. The van der Waals surface area contributed by atoms with Crippen LogP contribution < -0.4 is 5.73 Å². The summed E-state index contributed by atoms with van der Waals surface area (Å²) in [5.74, 6) is -1.39. The number of primary amides is 1. The van der Waals surface area contributed by atoms with Gasteiger partial charge in [0, 0.05) is 11.6 Å². The summed E-state index contributed by atoms with van der Waals surface area (Å²) in [6.07, 6.45) is 1.70. The van der Waals surface area contributed by atoms with Crippen LogP contribution >= 0.6 is 11.6 Å². The highest BCUT2D eigenvalue weighted by molar-refractivity contribution is 6.31. The monoisotopic (exact) mass is 333 g/mol. The number of ether oxygens (including phenoxy) is 1. The molecular formula is C16H16ClN3O3. The minimum Gasteiger partial charge on any atom is -0.449 e. The lowest BCUT2D eigenvalue weighted by Gasteiger charge is -2.06. The number of esters is 1. The Labute approximate surface area is 138 Å². The zero-order valence-electron chi connectivity index (χ0n) is 12.7. The number of hydrogen-bond acceptors (Lipinski definition) is 4. The van der Waals surface area contributed by atoms with Crippen molar-refractivity contribution in [3.8, 4) is 5.69 Å². The lowest BCUT2D eigenvalue weighted by Crippen LogP contribution is -2.29. The average Bonchev–Trinajstić information content (AvgIpc) is 2.80. The smallest absolute Gasteiger partial charge is 0.331 e. The van der Waals surface area contributed by atoms with Gasteiger partial charge in [-0.2, -0.15) is 5.10 Å². The molecule has 23 heavy (non-hydrogen) atoms. The number of hydrogen-bond donors (Lipinski definition) is 1. The molecule has 0 bridgehead atoms. The van der Waals surface area contributed by atoms with Crippen LogP contribution in [0.2, 0.25) is 5.15 Å². The van der Waals surface area contributed by atoms with E-state index in [4.69, 9.17) is 22.1 Å². The van der Waals surface area contributed by atoms with Gasteiger partial charge in [-0.25, -0.2) is 9.48 Å². The molecule has 120 valence electrons. The molecule has 1 aromatic carbocycles. The second kappa shape index (κ2) is 7.11. The number of rotatable bonds is 5. The van der Waals surface area contributed by atoms with E-state index in [1.807, 2.05) is 30.3 Å². The quantitative estimate of drug-likeness (QED) is 0.671. The molecule has 0 aliphatic heterocycles. The van der Waals surface area contributed by atoms with E-state index in [1.54, 1.807) is 11.6 Å². The van der Waals surface area contributed by atoms with Crippen LogP contribution in [0.5, 0.6) is 0 Å². The number of aromatic nitrogens is 2. The van der Waals surface area contributed by atoms with Crippen LogP contribution in [0.4, 0.5) is 0 Å². The molecule has 0 radical (unpaired) electrons. The second-order valence-electron chi connectivity index (χ2n) is 4.85. The van der Waals surface area contributed by atoms with Crippen molar-refractivity contribution in [1.29, 1.82) is 0 Å². The van der Waals surface area contributed by atoms with Crippen LogP contribution in [0.3, 0.4) is 0 Å². The number of amides is 1. The van der Waals surface area contributed by atoms with Crippen molar-refractivity contribution in [2.24, 2.45) is 5.73 Å². The number of nitrogens with two attached hydrogens (primary N) is 1. The van der Waals surface area contributed by atoms with Crippen LogP contribution in [0, 0.1) is 6.92 Å². The minimum atomic E-state index is -0.990. The molecule has 2 N–H and O–H groups in total. The molecule has 1 atom stereocenters. The normalized spacial score (nSPS) is 12.3. The molecule has 2 aromatic rings. The molecule has 1 aromatic heterocycles. The van der Waals surface area contributed by atoms with Gasteiger partial charge in [-0.05, 0) is 32.1 Å². The van der Waals surface area contributed by atoms with Crippen molar-refractivity contribution in [2.45, 2.75) is 20.0 Å². The van der Waals surface area contributed by atoms with Crippen LogP contribution in [0.25, 0.3) is 11.8 Å². The van der Waals surface area contributed by atoms with Gasteiger partial charge in [-0.3, -0.25) is 4.79 Å². The van der Waals surface area contributed by atoms with Gasteiger partial charge in [-0.15, -0.1) is 0 Å². The zero-order valence-corrected chi connectivity index (χ0v) is 13.4. The minimum absolute atomic E-state index is 0.376. The topological polar surface area (TPSA) is 87.2 Å². The maximum absolute atomic E-state index is 11.6. The van der Waals surface area contributed by atoms with Crippen LogP contribution in [0.1, 0.15) is 18.2 Å². The van der Waals surface area contributed by atoms with E-state index in [1.165, 1.54) is 19.1 Å². The van der Waals surface area contributed by atoms with Gasteiger partial charge in [0.05, 0.1) is 11.4 Å². The summed E-state index contributed by atoms with van der Waals surface area (Å²) >= 11 is 6.33. The summed E-state index contributed by atoms with van der Waals surface area (Å²) in [6, 6.07) is 9.38. The first-order valence-corrected chi connectivity index (χ1v) is 7.26. The Morgan fingerprint density at radius 1 is 1.35 bits per heavy atom. The molecule has 1 heterocycles. The standard InChI is InChI=1S/C16H16ClN3O3/c1-10-13(8-9-14(21)23-11(2)16(18)22)15(17)20(19-10)12-6-4-3-5-7-12/h3-9,11H,1-2H3,(H2,18,22)/b9-8+/t11-/m0/s1. The highest BCUT2D eigenvalue weighted by Crippen LogP contribution is 2.24. The zero-order chi connectivity index (χ0) is 17.0. The average molecular weight is 334 g/mol. The van der Waals surface area contributed by atoms with Gasteiger partial charge in [0.15, 0.2) is 6.10 Å². The fourth-order valence-corrected chi connectivity index (χ4v) is 2.20. The first-order valence-electron chi connectivity index (χ1n) is 6.88. The van der Waals surface area contributed by atoms with Crippen LogP contribution in [-0.2, 0) is 14.3 Å².